The van der Waals surface area contributed by atoms with Crippen LogP contribution in [0.4, 0.5) is 5.82 Å². The Morgan fingerprint density at radius 1 is 1.11 bits per heavy atom. The van der Waals surface area contributed by atoms with E-state index in [2.05, 4.69) is 16.3 Å². The van der Waals surface area contributed by atoms with Crippen LogP contribution < -0.4 is 20.1 Å². The number of ether oxygens (including phenoxy) is 2. The van der Waals surface area contributed by atoms with E-state index in [9.17, 15) is 10.1 Å². The standard InChI is InChI=1S/C27H25N5O3/c1-34-17-11-12-23(35-2)18(13-17)25-19(15-28)27(29)32(21-9-6-10-22(33)26(21)25)24-14-20(30-31-24)16-7-4-3-5-8-16/h3-5,7-8,11-14,25H,6,9-10,29H2,1-2H3,(H,30,31)/t25-/m1/s1. The maximum absolute atomic E-state index is 13.4. The molecule has 8 heteroatoms. The molecule has 35 heavy (non-hydrogen) atoms. The summed E-state index contributed by atoms with van der Waals surface area (Å²) in [5, 5.41) is 17.8. The number of allylic oxidation sites excluding steroid dienone is 3. The number of nitriles is 1. The third kappa shape index (κ3) is 3.71. The van der Waals surface area contributed by atoms with Crippen molar-refractivity contribution >= 4 is 11.6 Å². The number of aromatic nitrogens is 2. The number of Topliss-reactive ketones (excluding diaryl/α,β-unsaturated/α-hetero) is 1. The highest BCUT2D eigenvalue weighted by Gasteiger charge is 2.42. The molecule has 0 fully saturated rings. The van der Waals surface area contributed by atoms with Gasteiger partial charge in [-0.3, -0.25) is 14.8 Å². The first-order chi connectivity index (χ1) is 17.1. The Bertz CT molecular complexity index is 1400. The predicted octanol–water partition coefficient (Wildman–Crippen LogP) is 4.40. The molecule has 3 N–H and O–H groups in total. The van der Waals surface area contributed by atoms with Crippen LogP contribution in [0.5, 0.6) is 11.5 Å². The van der Waals surface area contributed by atoms with E-state index < -0.39 is 5.92 Å². The lowest BCUT2D eigenvalue weighted by Gasteiger charge is -2.38. The molecule has 1 aliphatic heterocycles. The van der Waals surface area contributed by atoms with Gasteiger partial charge >= 0.3 is 0 Å². The minimum absolute atomic E-state index is 0.00908. The topological polar surface area (TPSA) is 117 Å². The predicted molar refractivity (Wildman–Crippen MR) is 132 cm³/mol. The smallest absolute Gasteiger partial charge is 0.161 e. The minimum atomic E-state index is -0.656. The van der Waals surface area contributed by atoms with Crippen molar-refractivity contribution in [1.82, 2.24) is 10.2 Å². The van der Waals surface area contributed by atoms with Crippen LogP contribution in [-0.4, -0.2) is 30.2 Å². The maximum Gasteiger partial charge on any atom is 0.161 e. The van der Waals surface area contributed by atoms with Crippen LogP contribution in [0.1, 0.15) is 30.7 Å². The second kappa shape index (κ2) is 9.03. The van der Waals surface area contributed by atoms with Gasteiger partial charge in [0, 0.05) is 29.3 Å². The molecule has 0 spiro atoms. The van der Waals surface area contributed by atoms with Gasteiger partial charge in [0.2, 0.25) is 0 Å². The average Bonchev–Trinajstić information content (AvgIpc) is 3.38. The summed E-state index contributed by atoms with van der Waals surface area (Å²) in [6.45, 7) is 0. The number of benzene rings is 2. The van der Waals surface area contributed by atoms with E-state index in [0.29, 0.717) is 47.7 Å². The lowest BCUT2D eigenvalue weighted by atomic mass is 9.75. The zero-order chi connectivity index (χ0) is 24.5. The first-order valence-electron chi connectivity index (χ1n) is 11.4. The van der Waals surface area contributed by atoms with E-state index in [0.717, 1.165) is 17.0 Å². The number of methoxy groups -OCH3 is 2. The van der Waals surface area contributed by atoms with Crippen LogP contribution in [-0.2, 0) is 4.79 Å². The highest BCUT2D eigenvalue weighted by atomic mass is 16.5. The molecule has 1 aliphatic carbocycles. The fraction of sp³-hybridized carbons (Fsp3) is 0.222. The molecule has 1 aromatic heterocycles. The minimum Gasteiger partial charge on any atom is -0.497 e. The Labute approximate surface area is 203 Å². The van der Waals surface area contributed by atoms with Gasteiger partial charge in [0.05, 0.1) is 37.5 Å². The fourth-order valence-electron chi connectivity index (χ4n) is 4.92. The number of nitrogens with zero attached hydrogens (tertiary/aromatic N) is 3. The van der Waals surface area contributed by atoms with Gasteiger partial charge in [-0.2, -0.15) is 10.4 Å². The Hall–Kier alpha value is -4.51. The normalized spacial score (nSPS) is 17.8. The van der Waals surface area contributed by atoms with Gasteiger partial charge < -0.3 is 15.2 Å². The summed E-state index contributed by atoms with van der Waals surface area (Å²) in [6, 6.07) is 19.3. The van der Waals surface area contributed by atoms with Crippen molar-refractivity contribution in [2.24, 2.45) is 5.73 Å². The third-order valence-corrected chi connectivity index (χ3v) is 6.54. The molecular weight excluding hydrogens is 442 g/mol. The lowest BCUT2D eigenvalue weighted by Crippen LogP contribution is -2.39. The zero-order valence-electron chi connectivity index (χ0n) is 19.5. The molecular formula is C27H25N5O3. The van der Waals surface area contributed by atoms with Crippen molar-refractivity contribution in [3.63, 3.8) is 0 Å². The van der Waals surface area contributed by atoms with Gasteiger partial charge in [-0.15, -0.1) is 0 Å². The van der Waals surface area contributed by atoms with Crippen LogP contribution in [0.2, 0.25) is 0 Å². The highest BCUT2D eigenvalue weighted by molar-refractivity contribution is 6.01. The number of ketones is 1. The van der Waals surface area contributed by atoms with Crippen LogP contribution in [0.25, 0.3) is 11.3 Å². The number of carbonyl (C=O) groups is 1. The molecule has 8 nitrogen and oxygen atoms in total. The number of rotatable bonds is 5. The molecule has 3 aromatic rings. The van der Waals surface area contributed by atoms with E-state index >= 15 is 0 Å². The van der Waals surface area contributed by atoms with E-state index in [4.69, 9.17) is 15.2 Å². The molecule has 2 heterocycles. The Balaban J connectivity index is 1.70. The van der Waals surface area contributed by atoms with E-state index in [1.54, 1.807) is 37.3 Å². The van der Waals surface area contributed by atoms with Gasteiger partial charge in [0.15, 0.2) is 11.6 Å². The maximum atomic E-state index is 13.4. The van der Waals surface area contributed by atoms with Crippen LogP contribution in [0.3, 0.4) is 0 Å². The third-order valence-electron chi connectivity index (χ3n) is 6.54. The van der Waals surface area contributed by atoms with Crippen LogP contribution in [0.15, 0.2) is 77.3 Å². The summed E-state index contributed by atoms with van der Waals surface area (Å²) in [5.74, 6) is 1.28. The van der Waals surface area contributed by atoms with Crippen molar-refractivity contribution in [3.05, 3.63) is 82.8 Å². The van der Waals surface area contributed by atoms with Crippen LogP contribution in [0, 0.1) is 11.3 Å². The number of anilines is 1. The zero-order valence-corrected chi connectivity index (χ0v) is 19.5. The highest BCUT2D eigenvalue weighted by Crippen LogP contribution is 2.48. The molecule has 2 aliphatic rings. The van der Waals surface area contributed by atoms with Gasteiger partial charge in [-0.05, 0) is 36.6 Å². The van der Waals surface area contributed by atoms with Gasteiger partial charge in [0.25, 0.3) is 0 Å². The van der Waals surface area contributed by atoms with Crippen molar-refractivity contribution < 1.29 is 14.3 Å². The van der Waals surface area contributed by atoms with E-state index in [1.807, 2.05) is 36.4 Å². The summed E-state index contributed by atoms with van der Waals surface area (Å²) >= 11 is 0. The number of nitrogens with one attached hydrogen (secondary N) is 1. The Morgan fingerprint density at radius 2 is 1.91 bits per heavy atom. The molecule has 0 amide bonds. The average molecular weight is 468 g/mol. The fourth-order valence-corrected chi connectivity index (χ4v) is 4.92. The summed E-state index contributed by atoms with van der Waals surface area (Å²) < 4.78 is 11.0. The Kier molecular flexibility index (Phi) is 5.75. The van der Waals surface area contributed by atoms with Gasteiger partial charge in [-0.1, -0.05) is 30.3 Å². The molecule has 0 saturated carbocycles. The lowest BCUT2D eigenvalue weighted by molar-refractivity contribution is -0.116. The number of carbonyl (C=O) groups excluding carboxylic acids is 1. The number of hydrogen-bond donors (Lipinski definition) is 2. The van der Waals surface area contributed by atoms with Crippen molar-refractivity contribution in [1.29, 1.82) is 5.26 Å². The molecule has 2 aromatic carbocycles. The number of aromatic amines is 1. The van der Waals surface area contributed by atoms with Crippen molar-refractivity contribution in [2.45, 2.75) is 25.2 Å². The Morgan fingerprint density at radius 3 is 2.63 bits per heavy atom. The summed E-state index contributed by atoms with van der Waals surface area (Å²) in [4.78, 5) is 15.1. The summed E-state index contributed by atoms with van der Waals surface area (Å²) in [5.41, 5.74) is 10.7. The number of H-pyrrole nitrogens is 1. The summed E-state index contributed by atoms with van der Waals surface area (Å²) in [6.07, 6.45) is 1.74. The van der Waals surface area contributed by atoms with Gasteiger partial charge in [0.1, 0.15) is 17.3 Å². The first-order valence-corrected chi connectivity index (χ1v) is 11.4. The second-order valence-corrected chi connectivity index (χ2v) is 8.43. The first kappa shape index (κ1) is 22.3. The van der Waals surface area contributed by atoms with Crippen molar-refractivity contribution in [3.8, 4) is 28.8 Å². The molecule has 176 valence electrons. The van der Waals surface area contributed by atoms with Crippen molar-refractivity contribution in [2.75, 3.05) is 19.1 Å². The number of hydrogen-bond acceptors (Lipinski definition) is 7. The molecule has 5 rings (SSSR count). The van der Waals surface area contributed by atoms with Crippen LogP contribution >= 0.6 is 0 Å². The SMILES string of the molecule is COc1ccc(OC)c([C@@H]2C(C#N)=C(N)N(c3cc(-c4ccccc4)[nH]n3)C3=C2C(=O)CCC3)c1. The molecule has 1 atom stereocenters. The molecule has 0 radical (unpaired) electrons. The van der Waals surface area contributed by atoms with E-state index in [1.165, 1.54) is 0 Å². The van der Waals surface area contributed by atoms with Gasteiger partial charge in [-0.25, -0.2) is 0 Å². The second-order valence-electron chi connectivity index (χ2n) is 8.43. The number of nitrogens with two attached hydrogens (primary N) is 1. The largest absolute Gasteiger partial charge is 0.497 e. The monoisotopic (exact) mass is 467 g/mol. The quantitative estimate of drug-likeness (QED) is 0.571. The molecule has 0 unspecified atom stereocenters. The molecule has 0 bridgehead atoms. The molecule has 0 saturated heterocycles. The van der Waals surface area contributed by atoms with E-state index in [-0.39, 0.29) is 17.2 Å². The summed E-state index contributed by atoms with van der Waals surface area (Å²) in [7, 11) is 3.13.